The Kier molecular flexibility index (Phi) is 6.21. The zero-order valence-corrected chi connectivity index (χ0v) is 23.4. The number of rotatable bonds is 3. The van der Waals surface area contributed by atoms with Crippen LogP contribution < -0.4 is 5.32 Å². The molecule has 1 amide bonds. The molecule has 0 saturated heterocycles. The van der Waals surface area contributed by atoms with E-state index in [9.17, 15) is 4.79 Å². The number of nitrogens with one attached hydrogen (secondary N) is 1. The fourth-order valence-electron chi connectivity index (χ4n) is 5.19. The van der Waals surface area contributed by atoms with Crippen molar-refractivity contribution in [3.63, 3.8) is 0 Å². The Hall–Kier alpha value is -3.33. The number of benzene rings is 2. The van der Waals surface area contributed by atoms with E-state index in [2.05, 4.69) is 41.2 Å². The SMILES string of the molecule is Cc1nnc2n1-c1sc3c(c1C(c1ccccc1Cl)=NC2C(=O)Nc1ccccc1)CCN(C(C)(C)C)C3. The Morgan fingerprint density at radius 2 is 1.82 bits per heavy atom. The van der Waals surface area contributed by atoms with Crippen molar-refractivity contribution in [3.8, 4) is 5.00 Å². The molecule has 2 aliphatic rings. The van der Waals surface area contributed by atoms with Gasteiger partial charge in [-0.1, -0.05) is 48.0 Å². The maximum atomic E-state index is 13.7. The largest absolute Gasteiger partial charge is 0.324 e. The third-order valence-corrected chi connectivity index (χ3v) is 8.73. The molecule has 9 heteroatoms. The van der Waals surface area contributed by atoms with Crippen molar-refractivity contribution < 1.29 is 4.79 Å². The van der Waals surface area contributed by atoms with Gasteiger partial charge in [-0.3, -0.25) is 19.3 Å². The number of para-hydroxylation sites is 1. The number of anilines is 1. The number of fused-ring (bicyclic) bond motifs is 5. The van der Waals surface area contributed by atoms with E-state index >= 15 is 0 Å². The first-order chi connectivity index (χ1) is 18.2. The lowest BCUT2D eigenvalue weighted by molar-refractivity contribution is -0.117. The van der Waals surface area contributed by atoms with Crippen LogP contribution >= 0.6 is 22.9 Å². The summed E-state index contributed by atoms with van der Waals surface area (Å²) in [5.41, 5.74) is 4.61. The highest BCUT2D eigenvalue weighted by molar-refractivity contribution is 7.15. The lowest BCUT2D eigenvalue weighted by Gasteiger charge is -2.38. The molecule has 0 aliphatic carbocycles. The van der Waals surface area contributed by atoms with E-state index in [0.717, 1.165) is 47.2 Å². The van der Waals surface area contributed by atoms with Gasteiger partial charge >= 0.3 is 0 Å². The smallest absolute Gasteiger partial charge is 0.257 e. The molecule has 1 unspecified atom stereocenters. The Balaban J connectivity index is 1.56. The van der Waals surface area contributed by atoms with Gasteiger partial charge < -0.3 is 5.32 Å². The summed E-state index contributed by atoms with van der Waals surface area (Å²) in [7, 11) is 0. The number of amides is 1. The van der Waals surface area contributed by atoms with Crippen LogP contribution in [0.4, 0.5) is 5.69 Å². The second-order valence-corrected chi connectivity index (χ2v) is 12.2. The molecule has 0 radical (unpaired) electrons. The lowest BCUT2D eigenvalue weighted by atomic mass is 9.93. The number of halogens is 1. The fourth-order valence-corrected chi connectivity index (χ4v) is 6.83. The topological polar surface area (TPSA) is 75.4 Å². The monoisotopic (exact) mass is 544 g/mol. The van der Waals surface area contributed by atoms with E-state index in [1.165, 1.54) is 10.4 Å². The first kappa shape index (κ1) is 25.0. The van der Waals surface area contributed by atoms with Crippen LogP contribution in [-0.4, -0.2) is 43.4 Å². The normalized spacial score (nSPS) is 17.2. The van der Waals surface area contributed by atoms with E-state index in [-0.39, 0.29) is 11.4 Å². The number of aliphatic imine (C=N–C) groups is 1. The van der Waals surface area contributed by atoms with Gasteiger partial charge in [-0.25, -0.2) is 0 Å². The third-order valence-electron chi connectivity index (χ3n) is 7.20. The van der Waals surface area contributed by atoms with Gasteiger partial charge in [0.25, 0.3) is 5.91 Å². The molecule has 1 atom stereocenters. The zero-order chi connectivity index (χ0) is 26.6. The standard InChI is InChI=1S/C29H29ClN6OS/c1-17-33-34-26-25(27(37)31-18-10-6-5-7-11-18)32-24(19-12-8-9-13-21(19)30)23-20-14-15-35(29(2,3)4)16-22(20)38-28(23)36(17)26/h5-13,25H,14-16H2,1-4H3,(H,31,37). The molecule has 194 valence electrons. The number of hydrogen-bond donors (Lipinski definition) is 1. The fraction of sp³-hybridized carbons (Fsp3) is 0.310. The molecule has 0 bridgehead atoms. The number of nitrogens with zero attached hydrogens (tertiary/aromatic N) is 5. The first-order valence-corrected chi connectivity index (χ1v) is 13.9. The van der Waals surface area contributed by atoms with Crippen molar-refractivity contribution in [2.75, 3.05) is 11.9 Å². The van der Waals surface area contributed by atoms with Crippen molar-refractivity contribution in [1.29, 1.82) is 0 Å². The van der Waals surface area contributed by atoms with Gasteiger partial charge in [-0.15, -0.1) is 21.5 Å². The summed E-state index contributed by atoms with van der Waals surface area (Å²) in [6, 6.07) is 16.2. The summed E-state index contributed by atoms with van der Waals surface area (Å²) in [6.45, 7) is 10.5. The average Bonchev–Trinajstić information content (AvgIpc) is 3.41. The first-order valence-electron chi connectivity index (χ1n) is 12.7. The van der Waals surface area contributed by atoms with Crippen molar-refractivity contribution in [3.05, 3.63) is 92.8 Å². The third kappa shape index (κ3) is 4.26. The predicted octanol–water partition coefficient (Wildman–Crippen LogP) is 5.98. The highest BCUT2D eigenvalue weighted by Crippen LogP contribution is 2.43. The van der Waals surface area contributed by atoms with Crippen LogP contribution in [0, 0.1) is 6.92 Å². The summed E-state index contributed by atoms with van der Waals surface area (Å²) in [5.74, 6) is 0.962. The van der Waals surface area contributed by atoms with E-state index < -0.39 is 6.04 Å². The quantitative estimate of drug-likeness (QED) is 0.344. The number of carbonyl (C=O) groups excluding carboxylic acids is 1. The van der Waals surface area contributed by atoms with Crippen molar-refractivity contribution in [2.45, 2.75) is 52.2 Å². The van der Waals surface area contributed by atoms with Crippen LogP contribution in [0.3, 0.4) is 0 Å². The zero-order valence-electron chi connectivity index (χ0n) is 21.8. The van der Waals surface area contributed by atoms with E-state index in [1.807, 2.05) is 66.1 Å². The molecular weight excluding hydrogens is 516 g/mol. The lowest BCUT2D eigenvalue weighted by Crippen LogP contribution is -2.44. The molecular formula is C29H29ClN6OS. The molecule has 6 rings (SSSR count). The molecule has 4 heterocycles. The van der Waals surface area contributed by atoms with Crippen LogP contribution in [0.25, 0.3) is 5.00 Å². The van der Waals surface area contributed by atoms with Crippen molar-refractivity contribution >= 4 is 40.2 Å². The minimum Gasteiger partial charge on any atom is -0.324 e. The Morgan fingerprint density at radius 3 is 2.55 bits per heavy atom. The van der Waals surface area contributed by atoms with Crippen LogP contribution in [0.1, 0.15) is 60.0 Å². The second kappa shape index (κ2) is 9.45. The summed E-state index contributed by atoms with van der Waals surface area (Å²) < 4.78 is 2.02. The second-order valence-electron chi connectivity index (χ2n) is 10.7. The van der Waals surface area contributed by atoms with Gasteiger partial charge in [0.05, 0.1) is 5.71 Å². The molecule has 4 aromatic rings. The molecule has 0 fully saturated rings. The van der Waals surface area contributed by atoms with Gasteiger partial charge in [0.15, 0.2) is 11.9 Å². The maximum Gasteiger partial charge on any atom is 0.257 e. The van der Waals surface area contributed by atoms with Gasteiger partial charge in [0, 0.05) is 45.3 Å². The Morgan fingerprint density at radius 1 is 1.08 bits per heavy atom. The van der Waals surface area contributed by atoms with Crippen molar-refractivity contribution in [2.24, 2.45) is 4.99 Å². The number of carbonyl (C=O) groups is 1. The minimum absolute atomic E-state index is 0.0665. The summed E-state index contributed by atoms with van der Waals surface area (Å²) >= 11 is 8.50. The Labute approximate surface area is 231 Å². The van der Waals surface area contributed by atoms with Crippen LogP contribution in [0.15, 0.2) is 59.6 Å². The summed E-state index contributed by atoms with van der Waals surface area (Å²) in [5, 5.41) is 13.5. The molecule has 2 aromatic heterocycles. The summed E-state index contributed by atoms with van der Waals surface area (Å²) in [6.07, 6.45) is 0.888. The van der Waals surface area contributed by atoms with E-state index in [1.54, 1.807) is 11.3 Å². The number of aromatic nitrogens is 3. The molecule has 2 aromatic carbocycles. The predicted molar refractivity (Wildman–Crippen MR) is 153 cm³/mol. The molecule has 38 heavy (non-hydrogen) atoms. The van der Waals surface area contributed by atoms with Gasteiger partial charge in [0.1, 0.15) is 10.8 Å². The van der Waals surface area contributed by atoms with Crippen LogP contribution in [-0.2, 0) is 17.8 Å². The van der Waals surface area contributed by atoms with Crippen LogP contribution in [0.2, 0.25) is 5.02 Å². The Bertz CT molecular complexity index is 1570. The van der Waals surface area contributed by atoms with E-state index in [0.29, 0.717) is 16.5 Å². The average molecular weight is 545 g/mol. The highest BCUT2D eigenvalue weighted by atomic mass is 35.5. The molecule has 2 aliphatic heterocycles. The molecule has 1 N–H and O–H groups in total. The molecule has 0 spiro atoms. The maximum absolute atomic E-state index is 13.7. The number of thiophene rings is 1. The van der Waals surface area contributed by atoms with Gasteiger partial charge in [0.2, 0.25) is 0 Å². The highest BCUT2D eigenvalue weighted by Gasteiger charge is 2.38. The van der Waals surface area contributed by atoms with Crippen LogP contribution in [0.5, 0.6) is 0 Å². The van der Waals surface area contributed by atoms with Crippen molar-refractivity contribution in [1.82, 2.24) is 19.7 Å². The minimum atomic E-state index is -0.896. The van der Waals surface area contributed by atoms with Gasteiger partial charge in [-0.2, -0.15) is 0 Å². The number of hydrogen-bond acceptors (Lipinski definition) is 6. The molecule has 7 nitrogen and oxygen atoms in total. The van der Waals surface area contributed by atoms with Gasteiger partial charge in [-0.05, 0) is 57.9 Å². The summed E-state index contributed by atoms with van der Waals surface area (Å²) in [4.78, 5) is 22.7. The number of aryl methyl sites for hydroxylation is 1. The molecule has 0 saturated carbocycles. The van der Waals surface area contributed by atoms with E-state index in [4.69, 9.17) is 16.6 Å².